The van der Waals surface area contributed by atoms with E-state index in [1.54, 1.807) is 17.2 Å². The number of benzene rings is 1. The van der Waals surface area contributed by atoms with Crippen LogP contribution in [0.4, 0.5) is 13.2 Å². The number of fused-ring (bicyclic) bond motifs is 1. The van der Waals surface area contributed by atoms with Crippen LogP contribution >= 0.6 is 0 Å². The molecule has 9 nitrogen and oxygen atoms in total. The van der Waals surface area contributed by atoms with E-state index in [4.69, 9.17) is 0 Å². The van der Waals surface area contributed by atoms with E-state index >= 15 is 0 Å². The van der Waals surface area contributed by atoms with Crippen molar-refractivity contribution < 1.29 is 23.1 Å². The maximum atomic E-state index is 13.0. The van der Waals surface area contributed by atoms with Crippen molar-refractivity contribution >= 4 is 5.91 Å². The molecule has 2 saturated heterocycles. The smallest absolute Gasteiger partial charge is 0.387 e. The molecule has 38 heavy (non-hydrogen) atoms. The highest BCUT2D eigenvalue weighted by Gasteiger charge is 2.59. The van der Waals surface area contributed by atoms with Gasteiger partial charge >= 0.3 is 6.18 Å². The molecule has 1 aromatic carbocycles. The molecule has 3 aliphatic rings. The first kappa shape index (κ1) is 24.9. The third-order valence-corrected chi connectivity index (χ3v) is 7.99. The number of aromatic nitrogens is 5. The van der Waals surface area contributed by atoms with Gasteiger partial charge in [0.25, 0.3) is 5.91 Å². The summed E-state index contributed by atoms with van der Waals surface area (Å²) in [4.78, 5) is 19.1. The van der Waals surface area contributed by atoms with E-state index in [1.165, 1.54) is 0 Å². The van der Waals surface area contributed by atoms with E-state index in [9.17, 15) is 23.1 Å². The molecule has 200 valence electrons. The monoisotopic (exact) mass is 527 g/mol. The van der Waals surface area contributed by atoms with Crippen LogP contribution in [-0.4, -0.2) is 72.5 Å². The van der Waals surface area contributed by atoms with Gasteiger partial charge in [-0.1, -0.05) is 36.4 Å². The van der Waals surface area contributed by atoms with Gasteiger partial charge in [0.2, 0.25) is 0 Å². The van der Waals surface area contributed by atoms with E-state index in [1.807, 2.05) is 36.4 Å². The number of hydrogen-bond donors (Lipinski definition) is 2. The standard InChI is InChI=1S/C26H28F3N7O2/c27-26(28,29)14-36-24(32-33-34-36)22-18-12-35(13-19(18)22)25(38)21-8-6-15(11-30-21)10-17-7-9-20(31-17)23(37)16-4-2-1-3-5-16/h1-6,8,11,17-20,22-23,31,37H,7,9-10,12-14H2/t17-,18-,19+,20+,22?,23+/m0/s1. The van der Waals surface area contributed by atoms with Crippen molar-refractivity contribution in [2.45, 2.75) is 56.1 Å². The SMILES string of the molecule is O=C(c1ccc(C[C@@H]2CC[C@H]([C@H](O)c3ccccc3)N2)cn1)N1C[C@@H]2C(c3nnnn3CC(F)(F)F)[C@@H]2C1. The Balaban J connectivity index is 1.01. The summed E-state index contributed by atoms with van der Waals surface area (Å²) < 4.78 is 39.2. The average molecular weight is 528 g/mol. The predicted molar refractivity (Wildman–Crippen MR) is 129 cm³/mol. The van der Waals surface area contributed by atoms with E-state index in [0.29, 0.717) is 18.8 Å². The fourth-order valence-electron chi connectivity index (χ4n) is 6.07. The molecule has 3 fully saturated rings. The fraction of sp³-hybridized carbons (Fsp3) is 0.500. The number of likely N-dealkylation sites (tertiary alicyclic amines) is 1. The van der Waals surface area contributed by atoms with Gasteiger partial charge in [-0.2, -0.15) is 13.2 Å². The second kappa shape index (κ2) is 9.73. The number of hydrogen-bond acceptors (Lipinski definition) is 7. The number of aliphatic hydroxyl groups excluding tert-OH is 1. The number of alkyl halides is 3. The summed E-state index contributed by atoms with van der Waals surface area (Å²) in [5.74, 6) is 0.0240. The number of carbonyl (C=O) groups is 1. The fourth-order valence-corrected chi connectivity index (χ4v) is 6.07. The molecule has 2 N–H and O–H groups in total. The number of nitrogens with one attached hydrogen (secondary N) is 1. The van der Waals surface area contributed by atoms with E-state index in [0.717, 1.165) is 35.1 Å². The first-order chi connectivity index (χ1) is 18.3. The molecule has 3 aromatic rings. The Morgan fingerprint density at radius 1 is 1.11 bits per heavy atom. The van der Waals surface area contributed by atoms with Crippen molar-refractivity contribution in [3.05, 3.63) is 71.3 Å². The molecule has 1 unspecified atom stereocenters. The lowest BCUT2D eigenvalue weighted by Crippen LogP contribution is -2.35. The Hall–Kier alpha value is -3.38. The van der Waals surface area contributed by atoms with Crippen LogP contribution in [0.25, 0.3) is 0 Å². The molecular weight excluding hydrogens is 499 g/mol. The van der Waals surface area contributed by atoms with Gasteiger partial charge in [-0.05, 0) is 58.7 Å². The number of piperidine rings is 1. The summed E-state index contributed by atoms with van der Waals surface area (Å²) in [5, 5.41) is 24.9. The molecule has 12 heteroatoms. The summed E-state index contributed by atoms with van der Waals surface area (Å²) in [6.45, 7) is -0.309. The van der Waals surface area contributed by atoms with Crippen molar-refractivity contribution in [2.24, 2.45) is 11.8 Å². The second-order valence-corrected chi connectivity index (χ2v) is 10.5. The Morgan fingerprint density at radius 2 is 1.87 bits per heavy atom. The third kappa shape index (κ3) is 5.02. The van der Waals surface area contributed by atoms with E-state index in [2.05, 4.69) is 25.8 Å². The normalized spacial score (nSPS) is 27.4. The second-order valence-electron chi connectivity index (χ2n) is 10.5. The first-order valence-corrected chi connectivity index (χ1v) is 12.8. The maximum absolute atomic E-state index is 13.0. The minimum Gasteiger partial charge on any atom is -0.387 e. The van der Waals surface area contributed by atoms with Crippen LogP contribution < -0.4 is 5.32 Å². The average Bonchev–Trinajstić information content (AvgIpc) is 3.36. The maximum Gasteiger partial charge on any atom is 0.408 e. The van der Waals surface area contributed by atoms with Gasteiger partial charge in [-0.15, -0.1) is 5.10 Å². The molecule has 6 atom stereocenters. The summed E-state index contributed by atoms with van der Waals surface area (Å²) in [5.41, 5.74) is 2.26. The van der Waals surface area contributed by atoms with Gasteiger partial charge in [-0.3, -0.25) is 9.78 Å². The predicted octanol–water partition coefficient (Wildman–Crippen LogP) is 2.51. The highest BCUT2D eigenvalue weighted by atomic mass is 19.4. The van der Waals surface area contributed by atoms with Crippen molar-refractivity contribution in [3.8, 4) is 0 Å². The quantitative estimate of drug-likeness (QED) is 0.486. The molecule has 0 bridgehead atoms. The Labute approximate surface area is 217 Å². The lowest BCUT2D eigenvalue weighted by molar-refractivity contribution is -0.143. The molecule has 0 spiro atoms. The van der Waals surface area contributed by atoms with Crippen LogP contribution in [0.5, 0.6) is 0 Å². The summed E-state index contributed by atoms with van der Waals surface area (Å²) in [6, 6.07) is 13.5. The van der Waals surface area contributed by atoms with Gasteiger partial charge in [0, 0.05) is 37.3 Å². The van der Waals surface area contributed by atoms with Crippen molar-refractivity contribution in [1.29, 1.82) is 0 Å². The number of nitrogens with zero attached hydrogens (tertiary/aromatic N) is 6. The van der Waals surface area contributed by atoms with Crippen LogP contribution in [0.1, 0.15) is 52.3 Å². The number of halogens is 3. The van der Waals surface area contributed by atoms with Crippen LogP contribution in [0.2, 0.25) is 0 Å². The minimum absolute atomic E-state index is 0.000260. The number of amides is 1. The van der Waals surface area contributed by atoms with Crippen LogP contribution in [0.3, 0.4) is 0 Å². The molecule has 6 rings (SSSR count). The molecule has 0 radical (unpaired) electrons. The van der Waals surface area contributed by atoms with Crippen LogP contribution in [-0.2, 0) is 13.0 Å². The Kier molecular flexibility index (Phi) is 6.39. The number of tetrazole rings is 1. The van der Waals surface area contributed by atoms with Gasteiger partial charge in [-0.25, -0.2) is 4.68 Å². The minimum atomic E-state index is -4.40. The lowest BCUT2D eigenvalue weighted by atomic mass is 10.0. The number of pyridine rings is 1. The van der Waals surface area contributed by atoms with Crippen molar-refractivity contribution in [3.63, 3.8) is 0 Å². The Morgan fingerprint density at radius 3 is 2.55 bits per heavy atom. The first-order valence-electron chi connectivity index (χ1n) is 12.8. The largest absolute Gasteiger partial charge is 0.408 e. The number of carbonyl (C=O) groups excluding carboxylic acids is 1. The molecule has 2 aromatic heterocycles. The van der Waals surface area contributed by atoms with Crippen molar-refractivity contribution in [2.75, 3.05) is 13.1 Å². The van der Waals surface area contributed by atoms with Crippen LogP contribution in [0.15, 0.2) is 48.7 Å². The highest BCUT2D eigenvalue weighted by Crippen LogP contribution is 2.57. The number of aliphatic hydroxyl groups is 1. The summed E-state index contributed by atoms with van der Waals surface area (Å²) in [7, 11) is 0. The molecule has 1 aliphatic carbocycles. The van der Waals surface area contributed by atoms with Crippen molar-refractivity contribution in [1.82, 2.24) is 35.4 Å². The summed E-state index contributed by atoms with van der Waals surface area (Å²) >= 11 is 0. The van der Waals surface area contributed by atoms with Gasteiger partial charge in [0.15, 0.2) is 5.82 Å². The van der Waals surface area contributed by atoms with Gasteiger partial charge in [0.05, 0.1) is 6.10 Å². The lowest BCUT2D eigenvalue weighted by Gasteiger charge is -2.21. The van der Waals surface area contributed by atoms with Crippen LogP contribution in [0, 0.1) is 11.8 Å². The number of rotatable bonds is 7. The molecule has 2 aliphatic heterocycles. The topological polar surface area (TPSA) is 109 Å². The molecule has 4 heterocycles. The molecule has 1 saturated carbocycles. The molecule has 1 amide bonds. The van der Waals surface area contributed by atoms with Gasteiger partial charge in [0.1, 0.15) is 12.2 Å². The zero-order valence-corrected chi connectivity index (χ0v) is 20.5. The van der Waals surface area contributed by atoms with Gasteiger partial charge < -0.3 is 15.3 Å². The van der Waals surface area contributed by atoms with E-state index in [-0.39, 0.29) is 41.6 Å². The zero-order valence-electron chi connectivity index (χ0n) is 20.5. The highest BCUT2D eigenvalue weighted by molar-refractivity contribution is 5.92. The summed E-state index contributed by atoms with van der Waals surface area (Å²) in [6.07, 6.45) is -0.650. The zero-order chi connectivity index (χ0) is 26.4. The van der Waals surface area contributed by atoms with E-state index < -0.39 is 18.8 Å². The third-order valence-electron chi connectivity index (χ3n) is 7.99. The Bertz CT molecular complexity index is 1270. The molecular formula is C26H28F3N7O2.